The number of aromatic nitrogens is 1. The molecule has 0 radical (unpaired) electrons. The average Bonchev–Trinajstić information content (AvgIpc) is 2.87. The Bertz CT molecular complexity index is 479. The van der Waals surface area contributed by atoms with E-state index in [1.807, 2.05) is 50.9 Å². The fourth-order valence-corrected chi connectivity index (χ4v) is 2.54. The summed E-state index contributed by atoms with van der Waals surface area (Å²) in [6.45, 7) is 9.30. The highest BCUT2D eigenvalue weighted by molar-refractivity contribution is 5.69. The van der Waals surface area contributed by atoms with Crippen molar-refractivity contribution >= 4 is 11.9 Å². The second-order valence-electron chi connectivity index (χ2n) is 6.34. The lowest BCUT2D eigenvalue weighted by molar-refractivity contribution is 0.0224. The molecular formula is C16H25N3O2. The Labute approximate surface area is 126 Å². The minimum Gasteiger partial charge on any atom is -0.444 e. The number of anilines is 1. The first-order valence-electron chi connectivity index (χ1n) is 7.60. The number of nitrogens with zero attached hydrogens (tertiary/aromatic N) is 2. The SMILES string of the molecule is CCNc1ccc([C@H]2CCCN2C(=O)OC(C)(C)C)cn1. The van der Waals surface area contributed by atoms with Crippen LogP contribution < -0.4 is 5.32 Å². The van der Waals surface area contributed by atoms with Gasteiger partial charge in [-0.15, -0.1) is 0 Å². The summed E-state index contributed by atoms with van der Waals surface area (Å²) in [6.07, 6.45) is 3.58. The van der Waals surface area contributed by atoms with Crippen LogP contribution in [0.1, 0.15) is 52.1 Å². The molecule has 0 spiro atoms. The van der Waals surface area contributed by atoms with Crippen molar-refractivity contribution in [2.24, 2.45) is 0 Å². The van der Waals surface area contributed by atoms with Crippen LogP contribution in [0.15, 0.2) is 18.3 Å². The third-order valence-corrected chi connectivity index (χ3v) is 3.41. The number of hydrogen-bond acceptors (Lipinski definition) is 4. The van der Waals surface area contributed by atoms with E-state index in [-0.39, 0.29) is 12.1 Å². The average molecular weight is 291 g/mol. The molecule has 0 unspecified atom stereocenters. The summed E-state index contributed by atoms with van der Waals surface area (Å²) < 4.78 is 5.49. The van der Waals surface area contributed by atoms with Gasteiger partial charge in [-0.25, -0.2) is 9.78 Å². The fraction of sp³-hybridized carbons (Fsp3) is 0.625. The molecular weight excluding hydrogens is 266 g/mol. The van der Waals surface area contributed by atoms with Gasteiger partial charge in [0.1, 0.15) is 11.4 Å². The first-order valence-corrected chi connectivity index (χ1v) is 7.60. The highest BCUT2D eigenvalue weighted by Gasteiger charge is 2.33. The second-order valence-corrected chi connectivity index (χ2v) is 6.34. The van der Waals surface area contributed by atoms with Gasteiger partial charge in [0.15, 0.2) is 0 Å². The number of rotatable bonds is 3. The van der Waals surface area contributed by atoms with E-state index >= 15 is 0 Å². The smallest absolute Gasteiger partial charge is 0.410 e. The molecule has 21 heavy (non-hydrogen) atoms. The minimum atomic E-state index is -0.461. The number of carbonyl (C=O) groups is 1. The summed E-state index contributed by atoms with van der Waals surface area (Å²) in [5, 5.41) is 3.17. The predicted octanol–water partition coefficient (Wildman–Crippen LogP) is 3.59. The van der Waals surface area contributed by atoms with Crippen LogP contribution in [0.2, 0.25) is 0 Å². The zero-order chi connectivity index (χ0) is 15.5. The summed E-state index contributed by atoms with van der Waals surface area (Å²) in [7, 11) is 0. The molecule has 116 valence electrons. The molecule has 1 saturated heterocycles. The van der Waals surface area contributed by atoms with Crippen LogP contribution in [0.3, 0.4) is 0 Å². The summed E-state index contributed by atoms with van der Waals surface area (Å²) in [5.41, 5.74) is 0.609. The Balaban J connectivity index is 2.09. The van der Waals surface area contributed by atoms with Crippen molar-refractivity contribution < 1.29 is 9.53 Å². The number of hydrogen-bond donors (Lipinski definition) is 1. The molecule has 1 aromatic heterocycles. The van der Waals surface area contributed by atoms with E-state index in [0.717, 1.165) is 37.3 Å². The molecule has 2 heterocycles. The molecule has 1 atom stereocenters. The standard InChI is InChI=1S/C16H25N3O2/c1-5-17-14-9-8-12(11-18-14)13-7-6-10-19(13)15(20)21-16(2,3)4/h8-9,11,13H,5-7,10H2,1-4H3,(H,17,18)/t13-/m1/s1. The van der Waals surface area contributed by atoms with Crippen molar-refractivity contribution in [2.75, 3.05) is 18.4 Å². The topological polar surface area (TPSA) is 54.5 Å². The first-order chi connectivity index (χ1) is 9.90. The van der Waals surface area contributed by atoms with E-state index in [2.05, 4.69) is 10.3 Å². The highest BCUT2D eigenvalue weighted by Crippen LogP contribution is 2.33. The highest BCUT2D eigenvalue weighted by atomic mass is 16.6. The van der Waals surface area contributed by atoms with Crippen LogP contribution in [0, 0.1) is 0 Å². The molecule has 0 aliphatic carbocycles. The van der Waals surface area contributed by atoms with Gasteiger partial charge in [0, 0.05) is 19.3 Å². The van der Waals surface area contributed by atoms with Gasteiger partial charge in [-0.3, -0.25) is 0 Å². The maximum absolute atomic E-state index is 12.3. The zero-order valence-electron chi connectivity index (χ0n) is 13.3. The van der Waals surface area contributed by atoms with Crippen molar-refractivity contribution in [1.29, 1.82) is 0 Å². The molecule has 0 saturated carbocycles. The molecule has 2 rings (SSSR count). The molecule has 1 aromatic rings. The number of pyridine rings is 1. The monoisotopic (exact) mass is 291 g/mol. The van der Waals surface area contributed by atoms with E-state index in [4.69, 9.17) is 4.74 Å². The predicted molar refractivity (Wildman–Crippen MR) is 83.3 cm³/mol. The Hall–Kier alpha value is -1.78. The maximum atomic E-state index is 12.3. The van der Waals surface area contributed by atoms with Gasteiger partial charge in [0.2, 0.25) is 0 Å². The van der Waals surface area contributed by atoms with Gasteiger partial charge < -0.3 is 15.0 Å². The third-order valence-electron chi connectivity index (χ3n) is 3.41. The summed E-state index contributed by atoms with van der Waals surface area (Å²) in [5.74, 6) is 0.864. The number of ether oxygens (including phenoxy) is 1. The fourth-order valence-electron chi connectivity index (χ4n) is 2.54. The van der Waals surface area contributed by atoms with Crippen molar-refractivity contribution in [1.82, 2.24) is 9.88 Å². The largest absolute Gasteiger partial charge is 0.444 e. The zero-order valence-corrected chi connectivity index (χ0v) is 13.3. The number of amides is 1. The second kappa shape index (κ2) is 6.33. The molecule has 1 amide bonds. The van der Waals surface area contributed by atoms with Crippen LogP contribution in [-0.2, 0) is 4.74 Å². The molecule has 5 nitrogen and oxygen atoms in total. The van der Waals surface area contributed by atoms with Crippen molar-refractivity contribution in [3.8, 4) is 0 Å². The number of likely N-dealkylation sites (tertiary alicyclic amines) is 1. The molecule has 0 bridgehead atoms. The number of carbonyl (C=O) groups excluding carboxylic acids is 1. The van der Waals surface area contributed by atoms with Crippen LogP contribution in [-0.4, -0.2) is 34.7 Å². The molecule has 1 aliphatic heterocycles. The van der Waals surface area contributed by atoms with Crippen LogP contribution in [0.25, 0.3) is 0 Å². The van der Waals surface area contributed by atoms with Crippen molar-refractivity contribution in [2.45, 2.75) is 52.2 Å². The molecule has 5 heteroatoms. The summed E-state index contributed by atoms with van der Waals surface area (Å²) in [4.78, 5) is 18.5. The minimum absolute atomic E-state index is 0.0722. The Morgan fingerprint density at radius 1 is 1.48 bits per heavy atom. The third kappa shape index (κ3) is 4.09. The van der Waals surface area contributed by atoms with Gasteiger partial charge >= 0.3 is 6.09 Å². The summed E-state index contributed by atoms with van der Waals surface area (Å²) in [6, 6.07) is 4.07. The van der Waals surface area contributed by atoms with Gasteiger partial charge in [-0.05, 0) is 52.2 Å². The lowest BCUT2D eigenvalue weighted by Gasteiger charge is -2.28. The molecule has 1 fully saturated rings. The van der Waals surface area contributed by atoms with E-state index in [0.29, 0.717) is 0 Å². The maximum Gasteiger partial charge on any atom is 0.410 e. The van der Waals surface area contributed by atoms with Crippen molar-refractivity contribution in [3.63, 3.8) is 0 Å². The first kappa shape index (κ1) is 15.6. The van der Waals surface area contributed by atoms with E-state index in [1.54, 1.807) is 0 Å². The van der Waals surface area contributed by atoms with Gasteiger partial charge in [0.05, 0.1) is 6.04 Å². The van der Waals surface area contributed by atoms with Gasteiger partial charge in [-0.1, -0.05) is 6.07 Å². The molecule has 1 N–H and O–H groups in total. The lowest BCUT2D eigenvalue weighted by Crippen LogP contribution is -2.36. The quantitative estimate of drug-likeness (QED) is 0.924. The normalized spacial score (nSPS) is 18.7. The Morgan fingerprint density at radius 2 is 2.24 bits per heavy atom. The van der Waals surface area contributed by atoms with E-state index < -0.39 is 5.60 Å². The van der Waals surface area contributed by atoms with Gasteiger partial charge in [0.25, 0.3) is 0 Å². The van der Waals surface area contributed by atoms with Crippen LogP contribution >= 0.6 is 0 Å². The summed E-state index contributed by atoms with van der Waals surface area (Å²) >= 11 is 0. The molecule has 1 aliphatic rings. The Morgan fingerprint density at radius 3 is 2.81 bits per heavy atom. The van der Waals surface area contributed by atoms with E-state index in [9.17, 15) is 4.79 Å². The molecule has 0 aromatic carbocycles. The van der Waals surface area contributed by atoms with E-state index in [1.165, 1.54) is 0 Å². The van der Waals surface area contributed by atoms with Gasteiger partial charge in [-0.2, -0.15) is 0 Å². The van der Waals surface area contributed by atoms with Crippen molar-refractivity contribution in [3.05, 3.63) is 23.9 Å². The Kier molecular flexibility index (Phi) is 4.70. The lowest BCUT2D eigenvalue weighted by atomic mass is 10.1. The van der Waals surface area contributed by atoms with Crippen LogP contribution in [0.5, 0.6) is 0 Å². The van der Waals surface area contributed by atoms with Crippen LogP contribution in [0.4, 0.5) is 10.6 Å². The number of nitrogens with one attached hydrogen (secondary N) is 1.